The van der Waals surface area contributed by atoms with Gasteiger partial charge in [-0.25, -0.2) is 0 Å². The molecule has 0 amide bonds. The molecular formula is C20H22N4S. The van der Waals surface area contributed by atoms with E-state index < -0.39 is 0 Å². The van der Waals surface area contributed by atoms with Crippen molar-refractivity contribution in [3.8, 4) is 11.3 Å². The van der Waals surface area contributed by atoms with E-state index in [0.29, 0.717) is 5.11 Å². The normalized spacial score (nSPS) is 11.4. The molecule has 0 atom stereocenters. The summed E-state index contributed by atoms with van der Waals surface area (Å²) in [7, 11) is 2.08. The van der Waals surface area contributed by atoms with Crippen LogP contribution in [-0.4, -0.2) is 21.9 Å². The van der Waals surface area contributed by atoms with Gasteiger partial charge in [0.15, 0.2) is 5.11 Å². The Bertz CT molecular complexity index is 910. The van der Waals surface area contributed by atoms with Crippen LogP contribution >= 0.6 is 12.2 Å². The number of thiocarbonyl (C=S) groups is 1. The van der Waals surface area contributed by atoms with Crippen LogP contribution < -0.4 is 10.7 Å². The number of hydrogen-bond donors (Lipinski definition) is 2. The zero-order valence-electron chi connectivity index (χ0n) is 14.7. The zero-order chi connectivity index (χ0) is 17.8. The fourth-order valence-corrected chi connectivity index (χ4v) is 3.24. The number of aryl methyl sites for hydroxylation is 1. The first-order valence-corrected chi connectivity index (χ1v) is 8.71. The van der Waals surface area contributed by atoms with Gasteiger partial charge >= 0.3 is 0 Å². The predicted octanol–water partition coefficient (Wildman–Crippen LogP) is 4.05. The SMILES string of the molecule is CC(C)NC(=S)N/N=C\c1c(-c2ccccc2)n(C)c2ccccc12. The highest BCUT2D eigenvalue weighted by Gasteiger charge is 2.14. The van der Waals surface area contributed by atoms with Crippen molar-refractivity contribution in [2.24, 2.45) is 12.1 Å². The lowest BCUT2D eigenvalue weighted by Crippen LogP contribution is -2.36. The molecule has 4 nitrogen and oxygen atoms in total. The van der Waals surface area contributed by atoms with Crippen LogP contribution in [0.1, 0.15) is 19.4 Å². The van der Waals surface area contributed by atoms with Crippen molar-refractivity contribution in [1.82, 2.24) is 15.3 Å². The minimum Gasteiger partial charge on any atom is -0.359 e. The largest absolute Gasteiger partial charge is 0.359 e. The Morgan fingerprint density at radius 2 is 1.76 bits per heavy atom. The van der Waals surface area contributed by atoms with Gasteiger partial charge in [0.05, 0.1) is 11.9 Å². The number of rotatable bonds is 4. The van der Waals surface area contributed by atoms with Crippen LogP contribution in [0.2, 0.25) is 0 Å². The molecule has 0 aliphatic rings. The second-order valence-electron chi connectivity index (χ2n) is 6.20. The Balaban J connectivity index is 2.03. The first kappa shape index (κ1) is 17.2. The summed E-state index contributed by atoms with van der Waals surface area (Å²) >= 11 is 5.23. The van der Waals surface area contributed by atoms with E-state index in [-0.39, 0.29) is 6.04 Å². The predicted molar refractivity (Wildman–Crippen MR) is 110 cm³/mol. The molecule has 0 saturated carbocycles. The maximum atomic E-state index is 5.23. The van der Waals surface area contributed by atoms with E-state index >= 15 is 0 Å². The van der Waals surface area contributed by atoms with Gasteiger partial charge in [0.25, 0.3) is 0 Å². The Morgan fingerprint density at radius 3 is 2.48 bits per heavy atom. The number of nitrogens with zero attached hydrogens (tertiary/aromatic N) is 2. The minimum absolute atomic E-state index is 0.271. The van der Waals surface area contributed by atoms with Crippen LogP contribution in [-0.2, 0) is 7.05 Å². The van der Waals surface area contributed by atoms with Gasteiger partial charge in [-0.05, 0) is 37.7 Å². The third-order valence-corrected chi connectivity index (χ3v) is 4.18. The monoisotopic (exact) mass is 350 g/mol. The van der Waals surface area contributed by atoms with E-state index in [1.807, 2.05) is 44.3 Å². The minimum atomic E-state index is 0.271. The first-order valence-electron chi connectivity index (χ1n) is 8.30. The third kappa shape index (κ3) is 3.72. The van der Waals surface area contributed by atoms with Crippen molar-refractivity contribution in [2.75, 3.05) is 0 Å². The molecule has 3 aromatic rings. The highest BCUT2D eigenvalue weighted by atomic mass is 32.1. The fraction of sp³-hybridized carbons (Fsp3) is 0.200. The van der Waals surface area contributed by atoms with Gasteiger partial charge in [-0.15, -0.1) is 0 Å². The van der Waals surface area contributed by atoms with Gasteiger partial charge in [-0.3, -0.25) is 5.43 Å². The van der Waals surface area contributed by atoms with Crippen LogP contribution in [0.5, 0.6) is 0 Å². The topological polar surface area (TPSA) is 41.4 Å². The number of nitrogens with one attached hydrogen (secondary N) is 2. The maximum absolute atomic E-state index is 5.23. The standard InChI is InChI=1S/C20H22N4S/c1-14(2)22-20(25)23-21-13-17-16-11-7-8-12-18(16)24(3)19(17)15-9-5-4-6-10-15/h4-14H,1-3H3,(H2,22,23,25)/b21-13-. The molecule has 0 aliphatic carbocycles. The van der Waals surface area contributed by atoms with Gasteiger partial charge in [0.1, 0.15) is 0 Å². The van der Waals surface area contributed by atoms with Crippen LogP contribution in [0.3, 0.4) is 0 Å². The second kappa shape index (κ2) is 7.49. The van der Waals surface area contributed by atoms with Crippen molar-refractivity contribution in [2.45, 2.75) is 19.9 Å². The van der Waals surface area contributed by atoms with Gasteiger partial charge in [-0.2, -0.15) is 5.10 Å². The quantitative estimate of drug-likeness (QED) is 0.424. The molecule has 1 heterocycles. The summed E-state index contributed by atoms with van der Waals surface area (Å²) in [4.78, 5) is 0. The molecule has 1 aromatic heterocycles. The average molecular weight is 350 g/mol. The molecule has 0 unspecified atom stereocenters. The number of hydrazone groups is 1. The highest BCUT2D eigenvalue weighted by Crippen LogP contribution is 2.31. The number of benzene rings is 2. The number of aromatic nitrogens is 1. The van der Waals surface area contributed by atoms with Crippen molar-refractivity contribution in [1.29, 1.82) is 0 Å². The van der Waals surface area contributed by atoms with Gasteiger partial charge in [0.2, 0.25) is 0 Å². The fourth-order valence-electron chi connectivity index (χ4n) is 2.95. The molecule has 5 heteroatoms. The number of para-hydroxylation sites is 1. The lowest BCUT2D eigenvalue weighted by atomic mass is 10.1. The molecule has 2 N–H and O–H groups in total. The van der Waals surface area contributed by atoms with Crippen LogP contribution in [0.25, 0.3) is 22.2 Å². The third-order valence-electron chi connectivity index (χ3n) is 3.97. The smallest absolute Gasteiger partial charge is 0.187 e. The van der Waals surface area contributed by atoms with E-state index in [1.165, 1.54) is 5.52 Å². The number of fused-ring (bicyclic) bond motifs is 1. The van der Waals surface area contributed by atoms with E-state index in [9.17, 15) is 0 Å². The molecular weight excluding hydrogens is 328 g/mol. The van der Waals surface area contributed by atoms with E-state index in [0.717, 1.165) is 22.2 Å². The molecule has 0 spiro atoms. The van der Waals surface area contributed by atoms with E-state index in [4.69, 9.17) is 12.2 Å². The lowest BCUT2D eigenvalue weighted by molar-refractivity contribution is 0.720. The maximum Gasteiger partial charge on any atom is 0.187 e. The molecule has 0 radical (unpaired) electrons. The van der Waals surface area contributed by atoms with E-state index in [1.54, 1.807) is 0 Å². The average Bonchev–Trinajstić information content (AvgIpc) is 2.88. The molecule has 25 heavy (non-hydrogen) atoms. The van der Waals surface area contributed by atoms with Crippen molar-refractivity contribution < 1.29 is 0 Å². The second-order valence-corrected chi connectivity index (χ2v) is 6.61. The Kier molecular flexibility index (Phi) is 5.14. The van der Waals surface area contributed by atoms with Crippen molar-refractivity contribution >= 4 is 34.4 Å². The van der Waals surface area contributed by atoms with Crippen LogP contribution in [0.4, 0.5) is 0 Å². The molecule has 0 saturated heterocycles. The summed E-state index contributed by atoms with van der Waals surface area (Å²) in [5.74, 6) is 0. The zero-order valence-corrected chi connectivity index (χ0v) is 15.5. The first-order chi connectivity index (χ1) is 12.1. The van der Waals surface area contributed by atoms with Gasteiger partial charge in [0, 0.05) is 29.6 Å². The van der Waals surface area contributed by atoms with Crippen LogP contribution in [0.15, 0.2) is 59.7 Å². The lowest BCUT2D eigenvalue weighted by Gasteiger charge is -2.09. The highest BCUT2D eigenvalue weighted by molar-refractivity contribution is 7.80. The summed E-state index contributed by atoms with van der Waals surface area (Å²) in [5, 5.41) is 9.16. The molecule has 128 valence electrons. The molecule has 0 aliphatic heterocycles. The summed E-state index contributed by atoms with van der Waals surface area (Å²) in [6.07, 6.45) is 1.85. The van der Waals surface area contributed by atoms with Crippen molar-refractivity contribution in [3.05, 3.63) is 60.2 Å². The summed E-state index contributed by atoms with van der Waals surface area (Å²) < 4.78 is 2.21. The number of hydrogen-bond acceptors (Lipinski definition) is 2. The molecule has 0 fully saturated rings. The van der Waals surface area contributed by atoms with Crippen LogP contribution in [0, 0.1) is 0 Å². The van der Waals surface area contributed by atoms with E-state index in [2.05, 4.69) is 57.8 Å². The Hall–Kier alpha value is -2.66. The summed E-state index contributed by atoms with van der Waals surface area (Å²) in [6.45, 7) is 4.08. The Labute approximate surface area is 153 Å². The van der Waals surface area contributed by atoms with Gasteiger partial charge in [-0.1, -0.05) is 48.5 Å². The molecule has 0 bridgehead atoms. The van der Waals surface area contributed by atoms with Crippen molar-refractivity contribution in [3.63, 3.8) is 0 Å². The molecule has 3 rings (SSSR count). The van der Waals surface area contributed by atoms with Gasteiger partial charge < -0.3 is 9.88 Å². The molecule has 2 aromatic carbocycles. The summed E-state index contributed by atoms with van der Waals surface area (Å²) in [5.41, 5.74) is 7.43. The summed E-state index contributed by atoms with van der Waals surface area (Å²) in [6, 6.07) is 19.0. The Morgan fingerprint density at radius 1 is 1.08 bits per heavy atom.